The highest BCUT2D eigenvalue weighted by Gasteiger charge is 2.12. The van der Waals surface area contributed by atoms with E-state index in [2.05, 4.69) is 4.98 Å². The average molecular weight is 301 g/mol. The summed E-state index contributed by atoms with van der Waals surface area (Å²) in [5, 5.41) is 7.55. The first kappa shape index (κ1) is 13.8. The molecule has 108 valence electrons. The van der Waals surface area contributed by atoms with Crippen LogP contribution in [0.3, 0.4) is 0 Å². The molecule has 1 aliphatic heterocycles. The largest absolute Gasteiger partial charge is 0.486 e. The second-order valence-corrected chi connectivity index (χ2v) is 5.57. The van der Waals surface area contributed by atoms with Gasteiger partial charge in [0.2, 0.25) is 0 Å². The fraction of sp³-hybridized carbons (Fsp3) is 0.200. The molecule has 1 aromatic carbocycles. The maximum Gasteiger partial charge on any atom is 0.162 e. The smallest absolute Gasteiger partial charge is 0.162 e. The number of nitrogens with two attached hydrogens (primary N) is 1. The molecule has 6 heteroatoms. The highest BCUT2D eigenvalue weighted by atomic mass is 32.2. The Morgan fingerprint density at radius 2 is 2.05 bits per heavy atom. The molecule has 0 saturated carbocycles. The van der Waals surface area contributed by atoms with Crippen molar-refractivity contribution >= 4 is 17.6 Å². The molecule has 0 bridgehead atoms. The Hall–Kier alpha value is -2.21. The van der Waals surface area contributed by atoms with Gasteiger partial charge in [-0.15, -0.1) is 11.8 Å². The van der Waals surface area contributed by atoms with E-state index < -0.39 is 0 Å². The molecule has 5 nitrogen and oxygen atoms in total. The van der Waals surface area contributed by atoms with Crippen LogP contribution in [0.2, 0.25) is 0 Å². The zero-order chi connectivity index (χ0) is 14.7. The molecule has 21 heavy (non-hydrogen) atoms. The summed E-state index contributed by atoms with van der Waals surface area (Å²) in [6.07, 6.45) is 1.65. The Morgan fingerprint density at radius 1 is 1.24 bits per heavy atom. The van der Waals surface area contributed by atoms with Crippen molar-refractivity contribution in [2.75, 3.05) is 13.2 Å². The van der Waals surface area contributed by atoms with Crippen LogP contribution in [0.15, 0.2) is 41.4 Å². The fourth-order valence-electron chi connectivity index (χ4n) is 2.07. The third-order valence-electron chi connectivity index (χ3n) is 3.05. The second-order valence-electron chi connectivity index (χ2n) is 4.52. The summed E-state index contributed by atoms with van der Waals surface area (Å²) in [6, 6.07) is 9.69. The van der Waals surface area contributed by atoms with Crippen LogP contribution in [0.25, 0.3) is 0 Å². The number of amidine groups is 1. The van der Waals surface area contributed by atoms with Gasteiger partial charge in [0.05, 0.1) is 0 Å². The number of pyridine rings is 1. The topological polar surface area (TPSA) is 81.2 Å². The van der Waals surface area contributed by atoms with Gasteiger partial charge in [0, 0.05) is 16.8 Å². The maximum atomic E-state index is 7.55. The molecule has 0 fully saturated rings. The Bertz CT molecular complexity index is 676. The van der Waals surface area contributed by atoms with E-state index >= 15 is 0 Å². The molecule has 3 rings (SSSR count). The molecular formula is C15H15N3O2S. The van der Waals surface area contributed by atoms with Gasteiger partial charge in [0.25, 0.3) is 0 Å². The van der Waals surface area contributed by atoms with Gasteiger partial charge in [-0.25, -0.2) is 0 Å². The summed E-state index contributed by atoms with van der Waals surface area (Å²) >= 11 is 1.65. The Labute approximate surface area is 127 Å². The van der Waals surface area contributed by atoms with E-state index in [9.17, 15) is 0 Å². The number of aromatic nitrogens is 1. The Kier molecular flexibility index (Phi) is 3.96. The summed E-state index contributed by atoms with van der Waals surface area (Å²) in [6.45, 7) is 1.18. The van der Waals surface area contributed by atoms with Crippen molar-refractivity contribution in [1.29, 1.82) is 5.41 Å². The first-order valence-electron chi connectivity index (χ1n) is 6.55. The highest BCUT2D eigenvalue weighted by molar-refractivity contribution is 7.98. The van der Waals surface area contributed by atoms with Crippen molar-refractivity contribution in [1.82, 2.24) is 4.98 Å². The monoisotopic (exact) mass is 301 g/mol. The molecule has 0 unspecified atom stereocenters. The number of benzene rings is 1. The van der Waals surface area contributed by atoms with Gasteiger partial charge in [-0.2, -0.15) is 0 Å². The molecule has 0 atom stereocenters. The molecule has 3 N–H and O–H groups in total. The quantitative estimate of drug-likeness (QED) is 0.515. The molecule has 0 aliphatic carbocycles. The number of nitrogens with one attached hydrogen (secondary N) is 1. The molecular weight excluding hydrogens is 286 g/mol. The lowest BCUT2D eigenvalue weighted by molar-refractivity contribution is 0.171. The van der Waals surface area contributed by atoms with Crippen LogP contribution in [0.1, 0.15) is 11.3 Å². The molecule has 0 amide bonds. The van der Waals surface area contributed by atoms with E-state index in [1.165, 1.54) is 0 Å². The van der Waals surface area contributed by atoms with E-state index in [0.29, 0.717) is 24.7 Å². The summed E-state index contributed by atoms with van der Waals surface area (Å²) in [4.78, 5) is 5.23. The van der Waals surface area contributed by atoms with Crippen molar-refractivity contribution < 1.29 is 9.47 Å². The number of hydrogen-bond acceptors (Lipinski definition) is 5. The third kappa shape index (κ3) is 3.11. The van der Waals surface area contributed by atoms with E-state index in [1.54, 1.807) is 18.0 Å². The SMILES string of the molecule is N=C(N)c1ncccc1CSc1ccc2c(c1)OCCO2. The second kappa shape index (κ2) is 6.05. The van der Waals surface area contributed by atoms with Crippen LogP contribution >= 0.6 is 11.8 Å². The van der Waals surface area contributed by atoms with Crippen LogP contribution in [0.5, 0.6) is 11.5 Å². The number of ether oxygens (including phenoxy) is 2. The molecule has 0 spiro atoms. The number of nitrogen functional groups attached to an aromatic ring is 1. The molecule has 1 aliphatic rings. The summed E-state index contributed by atoms with van der Waals surface area (Å²) in [5.74, 6) is 2.26. The predicted molar refractivity (Wildman–Crippen MR) is 82.2 cm³/mol. The van der Waals surface area contributed by atoms with E-state index in [4.69, 9.17) is 20.6 Å². The third-order valence-corrected chi connectivity index (χ3v) is 4.10. The summed E-state index contributed by atoms with van der Waals surface area (Å²) in [7, 11) is 0. The van der Waals surface area contributed by atoms with E-state index in [-0.39, 0.29) is 5.84 Å². The molecule has 0 saturated heterocycles. The van der Waals surface area contributed by atoms with Crippen LogP contribution < -0.4 is 15.2 Å². The fourth-order valence-corrected chi connectivity index (χ4v) is 2.98. The first-order valence-corrected chi connectivity index (χ1v) is 7.53. The lowest BCUT2D eigenvalue weighted by atomic mass is 10.2. The molecule has 2 aromatic rings. The number of hydrogen-bond donors (Lipinski definition) is 2. The van der Waals surface area contributed by atoms with Gasteiger partial charge >= 0.3 is 0 Å². The van der Waals surface area contributed by atoms with Gasteiger partial charge in [0.1, 0.15) is 24.7 Å². The van der Waals surface area contributed by atoms with Gasteiger partial charge in [-0.05, 0) is 29.8 Å². The summed E-state index contributed by atoms with van der Waals surface area (Å²) < 4.78 is 11.1. The van der Waals surface area contributed by atoms with Gasteiger partial charge in [0.15, 0.2) is 11.5 Å². The number of nitrogens with zero attached hydrogens (tertiary/aromatic N) is 1. The number of thioether (sulfide) groups is 1. The van der Waals surface area contributed by atoms with Gasteiger partial charge in [-0.1, -0.05) is 6.07 Å². The van der Waals surface area contributed by atoms with Gasteiger partial charge < -0.3 is 15.2 Å². The van der Waals surface area contributed by atoms with Crippen LogP contribution in [-0.4, -0.2) is 24.0 Å². The minimum Gasteiger partial charge on any atom is -0.486 e. The molecule has 0 radical (unpaired) electrons. The first-order chi connectivity index (χ1) is 10.2. The van der Waals surface area contributed by atoms with Crippen molar-refractivity contribution in [3.63, 3.8) is 0 Å². The van der Waals surface area contributed by atoms with Crippen LogP contribution in [0, 0.1) is 5.41 Å². The lowest BCUT2D eigenvalue weighted by Gasteiger charge is -2.18. The molecule has 2 heterocycles. The zero-order valence-electron chi connectivity index (χ0n) is 11.3. The normalized spacial score (nSPS) is 13.0. The Balaban J connectivity index is 1.75. The number of rotatable bonds is 4. The van der Waals surface area contributed by atoms with Crippen molar-refractivity contribution in [2.24, 2.45) is 5.73 Å². The minimum atomic E-state index is -0.00613. The lowest BCUT2D eigenvalue weighted by Crippen LogP contribution is -2.15. The van der Waals surface area contributed by atoms with Crippen molar-refractivity contribution in [3.8, 4) is 11.5 Å². The molecule has 1 aromatic heterocycles. The van der Waals surface area contributed by atoms with Gasteiger partial charge in [-0.3, -0.25) is 10.4 Å². The predicted octanol–water partition coefficient (Wildman–Crippen LogP) is 2.43. The number of fused-ring (bicyclic) bond motifs is 1. The van der Waals surface area contributed by atoms with E-state index in [1.807, 2.05) is 30.3 Å². The van der Waals surface area contributed by atoms with Crippen LogP contribution in [-0.2, 0) is 5.75 Å². The maximum absolute atomic E-state index is 7.55. The summed E-state index contributed by atoms with van der Waals surface area (Å²) in [5.41, 5.74) is 7.04. The minimum absolute atomic E-state index is 0.00613. The Morgan fingerprint density at radius 3 is 2.86 bits per heavy atom. The zero-order valence-corrected chi connectivity index (χ0v) is 12.2. The highest BCUT2D eigenvalue weighted by Crippen LogP contribution is 2.35. The average Bonchev–Trinajstić information content (AvgIpc) is 2.53. The van der Waals surface area contributed by atoms with Crippen molar-refractivity contribution in [3.05, 3.63) is 47.8 Å². The standard InChI is InChI=1S/C15H15N3O2S/c16-15(17)14-10(2-1-5-18-14)9-21-11-3-4-12-13(8-11)20-7-6-19-12/h1-5,8H,6-7,9H2,(H3,16,17). The van der Waals surface area contributed by atoms with Crippen LogP contribution in [0.4, 0.5) is 0 Å². The van der Waals surface area contributed by atoms with E-state index in [0.717, 1.165) is 22.0 Å². The van der Waals surface area contributed by atoms with Crippen molar-refractivity contribution in [2.45, 2.75) is 10.6 Å².